The van der Waals surface area contributed by atoms with Crippen molar-refractivity contribution in [1.29, 1.82) is 0 Å². The normalized spacial score (nSPS) is 20.6. The molecule has 2 nitrogen and oxygen atoms in total. The third kappa shape index (κ3) is 9.41. The van der Waals surface area contributed by atoms with Crippen molar-refractivity contribution in [1.82, 2.24) is 0 Å². The van der Waals surface area contributed by atoms with E-state index in [4.69, 9.17) is 5.11 Å². The average molecular weight is 325 g/mol. The van der Waals surface area contributed by atoms with Crippen LogP contribution < -0.4 is 0 Å². The molecular formula is C19H32O2S. The van der Waals surface area contributed by atoms with Gasteiger partial charge in [-0.1, -0.05) is 44.9 Å². The maximum Gasteiger partial charge on any atom is 0.303 e. The van der Waals surface area contributed by atoms with Crippen molar-refractivity contribution < 1.29 is 9.90 Å². The molecule has 0 heterocycles. The molecule has 1 rings (SSSR count). The van der Waals surface area contributed by atoms with Crippen LogP contribution in [-0.4, -0.2) is 22.1 Å². The Morgan fingerprint density at radius 3 is 2.73 bits per heavy atom. The van der Waals surface area contributed by atoms with Crippen molar-refractivity contribution in [2.75, 3.05) is 5.75 Å². The summed E-state index contributed by atoms with van der Waals surface area (Å²) < 4.78 is 0. The molecule has 0 spiro atoms. The first-order valence-electron chi connectivity index (χ1n) is 9.05. The maximum atomic E-state index is 10.4. The Hall–Kier alpha value is -0.620. The molecule has 0 aromatic heterocycles. The van der Waals surface area contributed by atoms with Crippen LogP contribution in [0.5, 0.6) is 0 Å². The highest BCUT2D eigenvalue weighted by atomic mass is 32.2. The van der Waals surface area contributed by atoms with Gasteiger partial charge in [0.1, 0.15) is 0 Å². The molecule has 0 bridgehead atoms. The lowest BCUT2D eigenvalue weighted by Gasteiger charge is -2.13. The van der Waals surface area contributed by atoms with Gasteiger partial charge in [-0.15, -0.1) is 5.92 Å². The van der Waals surface area contributed by atoms with Crippen molar-refractivity contribution in [2.24, 2.45) is 5.92 Å². The molecule has 2 unspecified atom stereocenters. The zero-order chi connectivity index (χ0) is 16.0. The van der Waals surface area contributed by atoms with E-state index >= 15 is 0 Å². The zero-order valence-electron chi connectivity index (χ0n) is 14.1. The van der Waals surface area contributed by atoms with Crippen molar-refractivity contribution in [3.05, 3.63) is 0 Å². The monoisotopic (exact) mass is 324 g/mol. The fourth-order valence-electron chi connectivity index (χ4n) is 2.92. The van der Waals surface area contributed by atoms with Crippen molar-refractivity contribution >= 4 is 17.7 Å². The van der Waals surface area contributed by atoms with Crippen molar-refractivity contribution in [3.63, 3.8) is 0 Å². The zero-order valence-corrected chi connectivity index (χ0v) is 14.9. The van der Waals surface area contributed by atoms with E-state index in [-0.39, 0.29) is 0 Å². The molecular weight excluding hydrogens is 292 g/mol. The topological polar surface area (TPSA) is 37.3 Å². The highest BCUT2D eigenvalue weighted by Crippen LogP contribution is 2.35. The van der Waals surface area contributed by atoms with Crippen LogP contribution in [-0.2, 0) is 4.79 Å². The highest BCUT2D eigenvalue weighted by molar-refractivity contribution is 7.99. The third-order valence-electron chi connectivity index (χ3n) is 4.26. The van der Waals surface area contributed by atoms with Crippen LogP contribution >= 0.6 is 11.8 Å². The van der Waals surface area contributed by atoms with Crippen LogP contribution in [0.1, 0.15) is 84.0 Å². The lowest BCUT2D eigenvalue weighted by atomic mass is 10.1. The van der Waals surface area contributed by atoms with Gasteiger partial charge in [0.25, 0.3) is 0 Å². The SMILES string of the molecule is CCCCCCC#CC1CCCC1SCCCCCC(=O)O. The fourth-order valence-corrected chi connectivity index (χ4v) is 4.37. The van der Waals surface area contributed by atoms with Gasteiger partial charge in [0, 0.05) is 24.0 Å². The Kier molecular flexibility index (Phi) is 11.4. The number of unbranched alkanes of at least 4 members (excludes halogenated alkanes) is 6. The summed E-state index contributed by atoms with van der Waals surface area (Å²) in [7, 11) is 0. The Labute approximate surface area is 140 Å². The molecule has 1 aliphatic carbocycles. The molecule has 0 aliphatic heterocycles. The highest BCUT2D eigenvalue weighted by Gasteiger charge is 2.25. The van der Waals surface area contributed by atoms with Gasteiger partial charge in [-0.05, 0) is 37.9 Å². The van der Waals surface area contributed by atoms with E-state index in [1.807, 2.05) is 0 Å². The summed E-state index contributed by atoms with van der Waals surface area (Å²) >= 11 is 2.07. The van der Waals surface area contributed by atoms with Crippen LogP contribution in [0.2, 0.25) is 0 Å². The standard InChI is InChI=1S/C19H32O2S/c1-2-3-4-5-6-8-12-17-13-11-14-18(17)22-16-10-7-9-15-19(20)21/h17-18H,2-7,9-11,13-16H2,1H3,(H,20,21). The van der Waals surface area contributed by atoms with Crippen LogP contribution in [0.25, 0.3) is 0 Å². The minimum absolute atomic E-state index is 0.320. The van der Waals surface area contributed by atoms with Gasteiger partial charge in [0.2, 0.25) is 0 Å². The predicted octanol–water partition coefficient (Wildman–Crippen LogP) is 5.51. The molecule has 0 aromatic rings. The second-order valence-electron chi connectivity index (χ2n) is 6.28. The quantitative estimate of drug-likeness (QED) is 0.402. The van der Waals surface area contributed by atoms with E-state index < -0.39 is 5.97 Å². The Balaban J connectivity index is 2.09. The van der Waals surface area contributed by atoms with E-state index in [1.54, 1.807) is 0 Å². The molecule has 1 N–H and O–H groups in total. The summed E-state index contributed by atoms with van der Waals surface area (Å²) in [5.41, 5.74) is 0. The number of aliphatic carboxylic acids is 1. The first-order valence-corrected chi connectivity index (χ1v) is 10.1. The van der Waals surface area contributed by atoms with E-state index in [1.165, 1.54) is 50.7 Å². The Morgan fingerprint density at radius 1 is 1.14 bits per heavy atom. The number of thioether (sulfide) groups is 1. The number of hydrogen-bond acceptors (Lipinski definition) is 2. The lowest BCUT2D eigenvalue weighted by molar-refractivity contribution is -0.137. The Bertz CT molecular complexity index is 356. The predicted molar refractivity (Wildman–Crippen MR) is 96.2 cm³/mol. The number of carboxylic acid groups (broad SMARTS) is 1. The second kappa shape index (κ2) is 12.9. The largest absolute Gasteiger partial charge is 0.481 e. The van der Waals surface area contributed by atoms with Gasteiger partial charge < -0.3 is 5.11 Å². The van der Waals surface area contributed by atoms with Gasteiger partial charge in [-0.2, -0.15) is 11.8 Å². The van der Waals surface area contributed by atoms with E-state index in [0.29, 0.717) is 12.3 Å². The average Bonchev–Trinajstić information content (AvgIpc) is 2.93. The summed E-state index contributed by atoms with van der Waals surface area (Å²) in [6.45, 7) is 2.24. The lowest BCUT2D eigenvalue weighted by Crippen LogP contribution is -2.08. The van der Waals surface area contributed by atoms with Crippen LogP contribution in [0, 0.1) is 17.8 Å². The number of carboxylic acids is 1. The summed E-state index contributed by atoms with van der Waals surface area (Å²) in [6, 6.07) is 0. The van der Waals surface area contributed by atoms with E-state index in [0.717, 1.165) is 30.9 Å². The van der Waals surface area contributed by atoms with Crippen molar-refractivity contribution in [2.45, 2.75) is 89.2 Å². The van der Waals surface area contributed by atoms with Gasteiger partial charge in [-0.3, -0.25) is 4.79 Å². The van der Waals surface area contributed by atoms with Crippen LogP contribution in [0.3, 0.4) is 0 Å². The molecule has 1 fully saturated rings. The molecule has 126 valence electrons. The first kappa shape index (κ1) is 19.4. The summed E-state index contributed by atoms with van der Waals surface area (Å²) in [5, 5.41) is 9.33. The number of carbonyl (C=O) groups is 1. The Morgan fingerprint density at radius 2 is 1.95 bits per heavy atom. The van der Waals surface area contributed by atoms with Gasteiger partial charge in [0.15, 0.2) is 0 Å². The van der Waals surface area contributed by atoms with Crippen molar-refractivity contribution in [3.8, 4) is 11.8 Å². The molecule has 3 heteroatoms. The minimum atomic E-state index is -0.669. The van der Waals surface area contributed by atoms with Gasteiger partial charge in [0.05, 0.1) is 0 Å². The summed E-state index contributed by atoms with van der Waals surface area (Å²) in [4.78, 5) is 10.4. The third-order valence-corrected chi connectivity index (χ3v) is 5.78. The number of hydrogen-bond donors (Lipinski definition) is 1. The maximum absolute atomic E-state index is 10.4. The fraction of sp³-hybridized carbons (Fsp3) is 0.842. The second-order valence-corrected chi connectivity index (χ2v) is 7.63. The smallest absolute Gasteiger partial charge is 0.303 e. The molecule has 1 aliphatic rings. The molecule has 0 radical (unpaired) electrons. The van der Waals surface area contributed by atoms with E-state index in [2.05, 4.69) is 30.5 Å². The van der Waals surface area contributed by atoms with Gasteiger partial charge >= 0.3 is 5.97 Å². The van der Waals surface area contributed by atoms with Crippen LogP contribution in [0.4, 0.5) is 0 Å². The molecule has 0 saturated heterocycles. The van der Waals surface area contributed by atoms with Crippen LogP contribution in [0.15, 0.2) is 0 Å². The number of rotatable bonds is 11. The summed E-state index contributed by atoms with van der Waals surface area (Å²) in [5.74, 6) is 8.04. The molecule has 22 heavy (non-hydrogen) atoms. The summed E-state index contributed by atoms with van der Waals surface area (Å²) in [6.07, 6.45) is 13.5. The molecule has 2 atom stereocenters. The van der Waals surface area contributed by atoms with E-state index in [9.17, 15) is 4.79 Å². The molecule has 0 aromatic carbocycles. The van der Waals surface area contributed by atoms with Gasteiger partial charge in [-0.25, -0.2) is 0 Å². The molecule has 0 amide bonds. The molecule has 1 saturated carbocycles. The minimum Gasteiger partial charge on any atom is -0.481 e. The first-order chi connectivity index (χ1) is 10.7.